The van der Waals surface area contributed by atoms with Gasteiger partial charge in [-0.05, 0) is 44.3 Å². The van der Waals surface area contributed by atoms with Crippen LogP contribution in [-0.2, 0) is 0 Å². The molecule has 1 fully saturated rings. The monoisotopic (exact) mass is 196 g/mol. The van der Waals surface area contributed by atoms with Crippen LogP contribution in [0.1, 0.15) is 32.1 Å². The fourth-order valence-corrected chi connectivity index (χ4v) is 2.18. The van der Waals surface area contributed by atoms with Gasteiger partial charge in [0.05, 0.1) is 0 Å². The van der Waals surface area contributed by atoms with Gasteiger partial charge in [-0.3, -0.25) is 0 Å². The number of hydrogen-bond donors (Lipinski definition) is 0. The third-order valence-corrected chi connectivity index (χ3v) is 2.91. The first-order chi connectivity index (χ1) is 6.83. The second kappa shape index (κ2) is 6.68. The van der Waals surface area contributed by atoms with Gasteiger partial charge in [-0.1, -0.05) is 18.0 Å². The van der Waals surface area contributed by atoms with Crippen LogP contribution in [0.3, 0.4) is 0 Å². The minimum Gasteiger partial charge on any atom is -0.306 e. The average Bonchev–Trinajstić information content (AvgIpc) is 2.65. The normalized spacial score (nSPS) is 17.3. The van der Waals surface area contributed by atoms with E-state index in [-0.39, 0.29) is 0 Å². The van der Waals surface area contributed by atoms with E-state index in [0.717, 1.165) is 18.9 Å². The number of azide groups is 1. The average molecular weight is 196 g/mol. The first-order valence-corrected chi connectivity index (χ1v) is 5.52. The zero-order valence-corrected chi connectivity index (χ0v) is 9.02. The summed E-state index contributed by atoms with van der Waals surface area (Å²) >= 11 is 0. The predicted octanol–water partition coefficient (Wildman–Crippen LogP) is 2.81. The van der Waals surface area contributed by atoms with Crippen LogP contribution >= 0.6 is 0 Å². The Morgan fingerprint density at radius 2 is 2.14 bits per heavy atom. The summed E-state index contributed by atoms with van der Waals surface area (Å²) in [6.45, 7) is 2.90. The number of hydrogen-bond acceptors (Lipinski definition) is 2. The smallest absolute Gasteiger partial charge is 0.0270 e. The molecule has 0 amide bonds. The highest BCUT2D eigenvalue weighted by Gasteiger charge is 2.16. The molecular formula is C10H20N4. The molecule has 0 bridgehead atoms. The molecule has 80 valence electrons. The molecule has 0 aromatic carbocycles. The largest absolute Gasteiger partial charge is 0.306 e. The van der Waals surface area contributed by atoms with Gasteiger partial charge >= 0.3 is 0 Å². The second-order valence-electron chi connectivity index (χ2n) is 4.22. The number of nitrogens with zero attached hydrogens (tertiary/aromatic N) is 4. The minimum atomic E-state index is 0.630. The third kappa shape index (κ3) is 4.49. The molecule has 1 saturated carbocycles. The Bertz CT molecular complexity index is 192. The number of rotatable bonds is 6. The Labute approximate surface area is 85.9 Å². The Morgan fingerprint density at radius 1 is 1.43 bits per heavy atom. The van der Waals surface area contributed by atoms with Gasteiger partial charge in [0, 0.05) is 18.0 Å². The standard InChI is InChI=1S/C10H20N4/c1-14(8-4-7-12-13-11)9-10-5-2-3-6-10/h10H,2-9H2,1H3. The molecule has 4 heteroatoms. The SMILES string of the molecule is CN(CCCN=[N+]=[N-])CC1CCCC1. The van der Waals surface area contributed by atoms with Gasteiger partial charge < -0.3 is 4.90 Å². The predicted molar refractivity (Wildman–Crippen MR) is 58.1 cm³/mol. The van der Waals surface area contributed by atoms with Crippen LogP contribution < -0.4 is 0 Å². The van der Waals surface area contributed by atoms with Gasteiger partial charge in [0.1, 0.15) is 0 Å². The van der Waals surface area contributed by atoms with E-state index in [1.165, 1.54) is 32.2 Å². The molecular weight excluding hydrogens is 176 g/mol. The lowest BCUT2D eigenvalue weighted by molar-refractivity contribution is 0.276. The zero-order valence-electron chi connectivity index (χ0n) is 9.02. The van der Waals surface area contributed by atoms with Crippen LogP contribution in [0.2, 0.25) is 0 Å². The molecule has 0 spiro atoms. The third-order valence-electron chi connectivity index (χ3n) is 2.91. The van der Waals surface area contributed by atoms with Crippen molar-refractivity contribution in [3.05, 3.63) is 10.4 Å². The van der Waals surface area contributed by atoms with Crippen molar-refractivity contribution in [2.45, 2.75) is 32.1 Å². The molecule has 1 aliphatic carbocycles. The molecule has 0 heterocycles. The van der Waals surface area contributed by atoms with Crippen LogP contribution in [-0.4, -0.2) is 31.6 Å². The van der Waals surface area contributed by atoms with Crippen molar-refractivity contribution in [2.75, 3.05) is 26.7 Å². The van der Waals surface area contributed by atoms with Gasteiger partial charge in [0.2, 0.25) is 0 Å². The molecule has 0 N–H and O–H groups in total. The lowest BCUT2D eigenvalue weighted by atomic mass is 10.1. The summed E-state index contributed by atoms with van der Waals surface area (Å²) in [5.74, 6) is 0.916. The molecule has 1 rings (SSSR count). The van der Waals surface area contributed by atoms with Crippen molar-refractivity contribution in [1.82, 2.24) is 4.90 Å². The summed E-state index contributed by atoms with van der Waals surface area (Å²) in [5, 5.41) is 3.53. The van der Waals surface area contributed by atoms with Gasteiger partial charge in [-0.15, -0.1) is 0 Å². The summed E-state index contributed by atoms with van der Waals surface area (Å²) in [5.41, 5.74) is 8.11. The highest BCUT2D eigenvalue weighted by molar-refractivity contribution is 4.70. The Balaban J connectivity index is 2.02. The molecule has 1 aliphatic rings. The summed E-state index contributed by atoms with van der Waals surface area (Å²) < 4.78 is 0. The molecule has 0 unspecified atom stereocenters. The van der Waals surface area contributed by atoms with Crippen molar-refractivity contribution in [3.8, 4) is 0 Å². The van der Waals surface area contributed by atoms with Gasteiger partial charge in [-0.2, -0.15) is 0 Å². The Hall–Kier alpha value is -0.730. The summed E-state index contributed by atoms with van der Waals surface area (Å²) in [7, 11) is 2.16. The molecule has 0 saturated heterocycles. The quantitative estimate of drug-likeness (QED) is 0.279. The topological polar surface area (TPSA) is 52.0 Å². The molecule has 14 heavy (non-hydrogen) atoms. The molecule has 0 radical (unpaired) electrons. The van der Waals surface area contributed by atoms with Crippen LogP contribution in [0.4, 0.5) is 0 Å². The fraction of sp³-hybridized carbons (Fsp3) is 1.00. The van der Waals surface area contributed by atoms with E-state index < -0.39 is 0 Å². The first-order valence-electron chi connectivity index (χ1n) is 5.52. The first kappa shape index (κ1) is 11.3. The Morgan fingerprint density at radius 3 is 2.79 bits per heavy atom. The minimum absolute atomic E-state index is 0.630. The van der Waals surface area contributed by atoms with Crippen LogP contribution in [0.15, 0.2) is 5.11 Å². The van der Waals surface area contributed by atoms with Gasteiger partial charge in [-0.25, -0.2) is 0 Å². The molecule has 0 aromatic heterocycles. The molecule has 0 atom stereocenters. The highest BCUT2D eigenvalue weighted by atomic mass is 15.1. The maximum absolute atomic E-state index is 8.11. The van der Waals surface area contributed by atoms with Gasteiger partial charge in [0.25, 0.3) is 0 Å². The van der Waals surface area contributed by atoms with Crippen molar-refractivity contribution >= 4 is 0 Å². The van der Waals surface area contributed by atoms with Crippen LogP contribution in [0.25, 0.3) is 10.4 Å². The van der Waals surface area contributed by atoms with E-state index >= 15 is 0 Å². The maximum atomic E-state index is 8.11. The van der Waals surface area contributed by atoms with Crippen molar-refractivity contribution in [2.24, 2.45) is 11.0 Å². The van der Waals surface area contributed by atoms with Crippen LogP contribution in [0, 0.1) is 5.92 Å². The van der Waals surface area contributed by atoms with E-state index in [0.29, 0.717) is 6.54 Å². The summed E-state index contributed by atoms with van der Waals surface area (Å²) in [4.78, 5) is 5.11. The van der Waals surface area contributed by atoms with Crippen molar-refractivity contribution in [3.63, 3.8) is 0 Å². The highest BCUT2D eigenvalue weighted by Crippen LogP contribution is 2.24. The maximum Gasteiger partial charge on any atom is 0.0270 e. The lowest BCUT2D eigenvalue weighted by Gasteiger charge is -2.20. The van der Waals surface area contributed by atoms with Crippen molar-refractivity contribution < 1.29 is 0 Å². The van der Waals surface area contributed by atoms with E-state index in [2.05, 4.69) is 22.0 Å². The molecule has 0 aromatic rings. The molecule has 0 aliphatic heterocycles. The zero-order chi connectivity index (χ0) is 10.2. The lowest BCUT2D eigenvalue weighted by Crippen LogP contribution is -2.25. The Kier molecular flexibility index (Phi) is 5.42. The van der Waals surface area contributed by atoms with Crippen molar-refractivity contribution in [1.29, 1.82) is 0 Å². The van der Waals surface area contributed by atoms with E-state index in [4.69, 9.17) is 5.53 Å². The summed E-state index contributed by atoms with van der Waals surface area (Å²) in [6, 6.07) is 0. The summed E-state index contributed by atoms with van der Waals surface area (Å²) in [6.07, 6.45) is 6.61. The van der Waals surface area contributed by atoms with E-state index in [9.17, 15) is 0 Å². The fourth-order valence-electron chi connectivity index (χ4n) is 2.18. The van der Waals surface area contributed by atoms with Crippen LogP contribution in [0.5, 0.6) is 0 Å². The van der Waals surface area contributed by atoms with Gasteiger partial charge in [0.15, 0.2) is 0 Å². The molecule has 4 nitrogen and oxygen atoms in total. The van der Waals surface area contributed by atoms with E-state index in [1.807, 2.05) is 0 Å². The second-order valence-corrected chi connectivity index (χ2v) is 4.22. The van der Waals surface area contributed by atoms with E-state index in [1.54, 1.807) is 0 Å².